The summed E-state index contributed by atoms with van der Waals surface area (Å²) in [7, 11) is 0. The maximum atomic E-state index is 14.7. The molecule has 0 amide bonds. The molecule has 27 heavy (non-hydrogen) atoms. The van der Waals surface area contributed by atoms with E-state index in [4.69, 9.17) is 0 Å². The van der Waals surface area contributed by atoms with Gasteiger partial charge in [0.15, 0.2) is 11.6 Å². The number of aryl methyl sites for hydroxylation is 1. The van der Waals surface area contributed by atoms with Crippen molar-refractivity contribution in [2.24, 2.45) is 17.8 Å². The largest absolute Gasteiger partial charge is 0.203 e. The van der Waals surface area contributed by atoms with Crippen molar-refractivity contribution in [2.45, 2.75) is 77.6 Å². The van der Waals surface area contributed by atoms with Crippen LogP contribution in [-0.2, 0) is 6.42 Å². The van der Waals surface area contributed by atoms with E-state index in [2.05, 4.69) is 25.7 Å². The molecule has 1 aromatic carbocycles. The standard InChI is InChI=1S/C25H34F2/c1-3-5-6-7-22-16-17-23(25(27)24(22)26)21-14-12-20(13-15-21)19-10-8-18(4-2)9-11-19/h4,14,16-20H,2-3,5-13,15H2,1H3. The normalized spacial score (nSPS) is 25.9. The lowest BCUT2D eigenvalue weighted by molar-refractivity contribution is 0.212. The second-order valence-corrected chi connectivity index (χ2v) is 8.53. The Bertz CT molecular complexity index is 665. The number of halogens is 2. The highest BCUT2D eigenvalue weighted by molar-refractivity contribution is 5.67. The van der Waals surface area contributed by atoms with Gasteiger partial charge in [0.2, 0.25) is 0 Å². The Kier molecular flexibility index (Phi) is 7.26. The minimum absolute atomic E-state index is 0.487. The summed E-state index contributed by atoms with van der Waals surface area (Å²) in [6.07, 6.45) is 16.1. The molecule has 0 spiro atoms. The molecule has 2 aliphatic rings. The van der Waals surface area contributed by atoms with Gasteiger partial charge in [-0.3, -0.25) is 0 Å². The molecular formula is C25H34F2. The topological polar surface area (TPSA) is 0 Å². The highest BCUT2D eigenvalue weighted by Gasteiger charge is 2.28. The lowest BCUT2D eigenvalue weighted by Gasteiger charge is -2.34. The Labute approximate surface area is 163 Å². The lowest BCUT2D eigenvalue weighted by Crippen LogP contribution is -2.22. The van der Waals surface area contributed by atoms with Crippen LogP contribution < -0.4 is 0 Å². The predicted octanol–water partition coefficient (Wildman–Crippen LogP) is 7.87. The first-order chi connectivity index (χ1) is 13.1. The summed E-state index contributed by atoms with van der Waals surface area (Å²) in [6.45, 7) is 6.05. The fourth-order valence-corrected chi connectivity index (χ4v) is 4.98. The van der Waals surface area contributed by atoms with Gasteiger partial charge in [0.25, 0.3) is 0 Å². The summed E-state index contributed by atoms with van der Waals surface area (Å²) in [5.74, 6) is 0.931. The van der Waals surface area contributed by atoms with Crippen molar-refractivity contribution in [1.29, 1.82) is 0 Å². The van der Waals surface area contributed by atoms with Gasteiger partial charge in [-0.05, 0) is 86.7 Å². The summed E-state index contributed by atoms with van der Waals surface area (Å²) in [5, 5.41) is 0. The van der Waals surface area contributed by atoms with Crippen molar-refractivity contribution in [3.05, 3.63) is 53.6 Å². The van der Waals surface area contributed by atoms with E-state index in [1.807, 2.05) is 0 Å². The average molecular weight is 373 g/mol. The average Bonchev–Trinajstić information content (AvgIpc) is 2.72. The van der Waals surface area contributed by atoms with Gasteiger partial charge < -0.3 is 0 Å². The number of hydrogen-bond acceptors (Lipinski definition) is 0. The molecule has 148 valence electrons. The van der Waals surface area contributed by atoms with Crippen LogP contribution in [0.25, 0.3) is 5.57 Å². The fourth-order valence-electron chi connectivity index (χ4n) is 4.98. The summed E-state index contributed by atoms with van der Waals surface area (Å²) >= 11 is 0. The molecule has 0 aromatic heterocycles. The molecule has 0 N–H and O–H groups in total. The minimum Gasteiger partial charge on any atom is -0.203 e. The van der Waals surface area contributed by atoms with E-state index < -0.39 is 11.6 Å². The molecule has 0 nitrogen and oxygen atoms in total. The zero-order chi connectivity index (χ0) is 19.2. The molecule has 1 unspecified atom stereocenters. The highest BCUT2D eigenvalue weighted by Crippen LogP contribution is 2.42. The minimum atomic E-state index is -0.639. The maximum absolute atomic E-state index is 14.7. The van der Waals surface area contributed by atoms with Crippen LogP contribution >= 0.6 is 0 Å². The zero-order valence-corrected chi connectivity index (χ0v) is 16.8. The van der Waals surface area contributed by atoms with Gasteiger partial charge in [-0.1, -0.05) is 44.1 Å². The van der Waals surface area contributed by atoms with Crippen molar-refractivity contribution in [3.8, 4) is 0 Å². The quantitative estimate of drug-likeness (QED) is 0.337. The molecule has 3 rings (SSSR count). The van der Waals surface area contributed by atoms with Gasteiger partial charge >= 0.3 is 0 Å². The highest BCUT2D eigenvalue weighted by atomic mass is 19.2. The van der Waals surface area contributed by atoms with E-state index in [0.29, 0.717) is 29.4 Å². The van der Waals surface area contributed by atoms with E-state index in [0.717, 1.165) is 50.0 Å². The van der Waals surface area contributed by atoms with Gasteiger partial charge in [-0.25, -0.2) is 8.78 Å². The van der Waals surface area contributed by atoms with Gasteiger partial charge in [0.1, 0.15) is 0 Å². The molecule has 1 saturated carbocycles. The first-order valence-corrected chi connectivity index (χ1v) is 10.9. The first-order valence-electron chi connectivity index (χ1n) is 10.9. The van der Waals surface area contributed by atoms with E-state index in [1.54, 1.807) is 12.1 Å². The molecule has 0 radical (unpaired) electrons. The second-order valence-electron chi connectivity index (χ2n) is 8.53. The van der Waals surface area contributed by atoms with Gasteiger partial charge in [0.05, 0.1) is 0 Å². The second kappa shape index (κ2) is 9.66. The van der Waals surface area contributed by atoms with Gasteiger partial charge in [-0.15, -0.1) is 6.58 Å². The number of hydrogen-bond donors (Lipinski definition) is 0. The van der Waals surface area contributed by atoms with Crippen LogP contribution in [0.15, 0.2) is 30.9 Å². The zero-order valence-electron chi connectivity index (χ0n) is 16.8. The van der Waals surface area contributed by atoms with E-state index in [-0.39, 0.29) is 0 Å². The SMILES string of the molecule is C=CC1CCC(C2CC=C(c3ccc(CCCCC)c(F)c3F)CC2)CC1. The predicted molar refractivity (Wildman–Crippen MR) is 111 cm³/mol. The van der Waals surface area contributed by atoms with E-state index in [1.165, 1.54) is 25.7 Å². The molecule has 0 aliphatic heterocycles. The molecule has 2 aliphatic carbocycles. The van der Waals surface area contributed by atoms with Crippen molar-refractivity contribution in [3.63, 3.8) is 0 Å². The van der Waals surface area contributed by atoms with Crippen LogP contribution in [-0.4, -0.2) is 0 Å². The van der Waals surface area contributed by atoms with Crippen LogP contribution in [0.4, 0.5) is 8.78 Å². The molecule has 0 saturated heterocycles. The third kappa shape index (κ3) is 4.89. The Morgan fingerprint density at radius 1 is 1.00 bits per heavy atom. The Morgan fingerprint density at radius 2 is 1.78 bits per heavy atom. The lowest BCUT2D eigenvalue weighted by atomic mass is 9.71. The summed E-state index contributed by atoms with van der Waals surface area (Å²) < 4.78 is 29.1. The third-order valence-electron chi connectivity index (χ3n) is 6.83. The fraction of sp³-hybridized carbons (Fsp3) is 0.600. The van der Waals surface area contributed by atoms with Crippen LogP contribution in [0.1, 0.15) is 82.3 Å². The van der Waals surface area contributed by atoms with Crippen LogP contribution in [0, 0.1) is 29.4 Å². The summed E-state index contributed by atoms with van der Waals surface area (Å²) in [4.78, 5) is 0. The molecule has 0 heterocycles. The smallest absolute Gasteiger partial charge is 0.166 e. The summed E-state index contributed by atoms with van der Waals surface area (Å²) in [6, 6.07) is 3.61. The van der Waals surface area contributed by atoms with Crippen molar-refractivity contribution in [2.75, 3.05) is 0 Å². The Hall–Kier alpha value is -1.44. The van der Waals surface area contributed by atoms with Gasteiger partial charge in [-0.2, -0.15) is 0 Å². The Morgan fingerprint density at radius 3 is 2.41 bits per heavy atom. The molecule has 1 atom stereocenters. The van der Waals surface area contributed by atoms with Crippen molar-refractivity contribution < 1.29 is 8.78 Å². The Balaban J connectivity index is 1.63. The van der Waals surface area contributed by atoms with Crippen LogP contribution in [0.2, 0.25) is 0 Å². The van der Waals surface area contributed by atoms with E-state index >= 15 is 0 Å². The van der Waals surface area contributed by atoms with Gasteiger partial charge in [0, 0.05) is 5.56 Å². The first kappa shape index (κ1) is 20.3. The molecule has 1 aromatic rings. The van der Waals surface area contributed by atoms with Crippen molar-refractivity contribution in [1.82, 2.24) is 0 Å². The van der Waals surface area contributed by atoms with Crippen LogP contribution in [0.3, 0.4) is 0 Å². The molecular weight excluding hydrogens is 338 g/mol. The van der Waals surface area contributed by atoms with E-state index in [9.17, 15) is 8.78 Å². The molecule has 1 fully saturated rings. The third-order valence-corrected chi connectivity index (χ3v) is 6.83. The van der Waals surface area contributed by atoms with Crippen molar-refractivity contribution >= 4 is 5.57 Å². The summed E-state index contributed by atoms with van der Waals surface area (Å²) in [5.41, 5.74) is 2.01. The molecule has 0 bridgehead atoms. The number of unbranched alkanes of at least 4 members (excludes halogenated alkanes) is 2. The number of benzene rings is 1. The number of allylic oxidation sites excluding steroid dienone is 3. The monoisotopic (exact) mass is 372 g/mol. The maximum Gasteiger partial charge on any atom is 0.166 e. The number of rotatable bonds is 7. The van der Waals surface area contributed by atoms with Crippen LogP contribution in [0.5, 0.6) is 0 Å². The molecule has 2 heteroatoms.